The lowest BCUT2D eigenvalue weighted by Crippen LogP contribution is -2.19. The van der Waals surface area contributed by atoms with E-state index in [-0.39, 0.29) is 21.9 Å². The first-order valence-corrected chi connectivity index (χ1v) is 5.44. The Morgan fingerprint density at radius 2 is 2.26 bits per heavy atom. The molecule has 0 radical (unpaired) electrons. The van der Waals surface area contributed by atoms with Crippen molar-refractivity contribution in [2.45, 2.75) is 6.61 Å². The molecule has 0 saturated heterocycles. The predicted octanol–water partition coefficient (Wildman–Crippen LogP) is 2.59. The van der Waals surface area contributed by atoms with Crippen molar-refractivity contribution in [1.82, 2.24) is 5.32 Å². The first-order chi connectivity index (χ1) is 8.97. The molecular formula is C12H9ClF2N2O2. The van der Waals surface area contributed by atoms with Crippen LogP contribution in [0.1, 0.15) is 5.56 Å². The number of hydrogen-bond acceptors (Lipinski definition) is 3. The second kappa shape index (κ2) is 6.71. The van der Waals surface area contributed by atoms with E-state index in [9.17, 15) is 13.6 Å². The van der Waals surface area contributed by atoms with Crippen molar-refractivity contribution in [3.63, 3.8) is 0 Å². The molecule has 0 spiro atoms. The lowest BCUT2D eigenvalue weighted by molar-refractivity contribution is -0.116. The van der Waals surface area contributed by atoms with Crippen molar-refractivity contribution < 1.29 is 18.3 Å². The Bertz CT molecular complexity index is 553. The van der Waals surface area contributed by atoms with Gasteiger partial charge in [0.2, 0.25) is 0 Å². The molecule has 0 heterocycles. The maximum atomic E-state index is 12.2. The normalized spacial score (nSPS) is 11.1. The van der Waals surface area contributed by atoms with Crippen LogP contribution in [0.25, 0.3) is 6.08 Å². The summed E-state index contributed by atoms with van der Waals surface area (Å²) >= 11 is 5.74. The van der Waals surface area contributed by atoms with Gasteiger partial charge in [0.25, 0.3) is 5.91 Å². The Labute approximate surface area is 113 Å². The second-order valence-corrected chi connectivity index (χ2v) is 3.75. The van der Waals surface area contributed by atoms with Gasteiger partial charge in [-0.3, -0.25) is 4.79 Å². The number of hydrogen-bond donors (Lipinski definition) is 1. The van der Waals surface area contributed by atoms with E-state index in [0.717, 1.165) is 6.08 Å². The van der Waals surface area contributed by atoms with Gasteiger partial charge in [-0.25, -0.2) is 0 Å². The van der Waals surface area contributed by atoms with Crippen LogP contribution in [-0.2, 0) is 4.79 Å². The fourth-order valence-electron chi connectivity index (χ4n) is 1.27. The zero-order chi connectivity index (χ0) is 14.4. The van der Waals surface area contributed by atoms with Crippen LogP contribution in [0, 0.1) is 11.3 Å². The molecule has 0 unspecified atom stereocenters. The van der Waals surface area contributed by atoms with Crippen molar-refractivity contribution in [3.8, 4) is 11.8 Å². The second-order valence-electron chi connectivity index (χ2n) is 3.31. The topological polar surface area (TPSA) is 62.1 Å². The Morgan fingerprint density at radius 1 is 1.58 bits per heavy atom. The van der Waals surface area contributed by atoms with E-state index in [1.54, 1.807) is 6.07 Å². The first-order valence-electron chi connectivity index (χ1n) is 5.06. The van der Waals surface area contributed by atoms with E-state index in [1.165, 1.54) is 25.2 Å². The lowest BCUT2D eigenvalue weighted by Gasteiger charge is -2.08. The molecule has 1 amide bonds. The molecule has 0 aliphatic rings. The number of carbonyl (C=O) groups is 1. The van der Waals surface area contributed by atoms with Gasteiger partial charge in [-0.05, 0) is 24.3 Å². The van der Waals surface area contributed by atoms with E-state index in [2.05, 4.69) is 10.1 Å². The summed E-state index contributed by atoms with van der Waals surface area (Å²) in [6.07, 6.45) is 1.13. The maximum Gasteiger partial charge on any atom is 0.387 e. The van der Waals surface area contributed by atoms with Gasteiger partial charge in [0.15, 0.2) is 0 Å². The van der Waals surface area contributed by atoms with Crippen LogP contribution in [0.4, 0.5) is 8.78 Å². The number of nitrogens with zero attached hydrogens (tertiary/aromatic N) is 1. The van der Waals surface area contributed by atoms with Crippen LogP contribution >= 0.6 is 11.6 Å². The number of ether oxygens (including phenoxy) is 1. The van der Waals surface area contributed by atoms with Gasteiger partial charge in [-0.1, -0.05) is 11.6 Å². The molecule has 0 bridgehead atoms. The predicted molar refractivity (Wildman–Crippen MR) is 65.7 cm³/mol. The number of carbonyl (C=O) groups excluding carboxylic acids is 1. The standard InChI is InChI=1S/C12H9ClF2N2O2/c1-17-11(18)8(6-16)4-7-5-9(13)2-3-10(7)19-12(14)15/h2-5,12H,1H3,(H,17,18). The Hall–Kier alpha value is -2.13. The third kappa shape index (κ3) is 4.23. The minimum Gasteiger partial charge on any atom is -0.434 e. The molecule has 0 aliphatic heterocycles. The molecule has 1 aromatic rings. The summed E-state index contributed by atoms with van der Waals surface area (Å²) in [5.74, 6) is -0.804. The number of nitriles is 1. The summed E-state index contributed by atoms with van der Waals surface area (Å²) < 4.78 is 28.7. The number of amides is 1. The summed E-state index contributed by atoms with van der Waals surface area (Å²) in [5, 5.41) is 11.4. The van der Waals surface area contributed by atoms with Crippen molar-refractivity contribution in [2.75, 3.05) is 7.05 Å². The number of halogens is 3. The summed E-state index contributed by atoms with van der Waals surface area (Å²) in [4.78, 5) is 11.3. The Kier molecular flexibility index (Phi) is 5.27. The van der Waals surface area contributed by atoms with E-state index >= 15 is 0 Å². The molecule has 0 fully saturated rings. The highest BCUT2D eigenvalue weighted by atomic mass is 35.5. The monoisotopic (exact) mass is 286 g/mol. The molecule has 4 nitrogen and oxygen atoms in total. The summed E-state index contributed by atoms with van der Waals surface area (Å²) in [5.41, 5.74) is -0.128. The molecule has 0 atom stereocenters. The Morgan fingerprint density at radius 3 is 2.79 bits per heavy atom. The Balaban J connectivity index is 3.24. The van der Waals surface area contributed by atoms with Gasteiger partial charge >= 0.3 is 6.61 Å². The molecule has 1 aromatic carbocycles. The SMILES string of the molecule is CNC(=O)C(C#N)=Cc1cc(Cl)ccc1OC(F)F. The highest BCUT2D eigenvalue weighted by Gasteiger charge is 2.12. The fraction of sp³-hybridized carbons (Fsp3) is 0.167. The number of benzene rings is 1. The third-order valence-electron chi connectivity index (χ3n) is 2.08. The highest BCUT2D eigenvalue weighted by molar-refractivity contribution is 6.30. The van der Waals surface area contributed by atoms with E-state index in [1.807, 2.05) is 0 Å². The molecule has 0 aromatic heterocycles. The highest BCUT2D eigenvalue weighted by Crippen LogP contribution is 2.26. The number of likely N-dealkylation sites (N-methyl/N-ethyl adjacent to an activating group) is 1. The zero-order valence-corrected chi connectivity index (χ0v) is 10.5. The van der Waals surface area contributed by atoms with Gasteiger partial charge in [-0.15, -0.1) is 0 Å². The van der Waals surface area contributed by atoms with Gasteiger partial charge in [-0.2, -0.15) is 14.0 Å². The van der Waals surface area contributed by atoms with Crippen molar-refractivity contribution >= 4 is 23.6 Å². The van der Waals surface area contributed by atoms with Crippen LogP contribution in [0.2, 0.25) is 5.02 Å². The molecule has 0 saturated carbocycles. The van der Waals surface area contributed by atoms with E-state index in [4.69, 9.17) is 16.9 Å². The van der Waals surface area contributed by atoms with Crippen LogP contribution in [0.15, 0.2) is 23.8 Å². The average molecular weight is 287 g/mol. The molecule has 1 rings (SSSR count). The van der Waals surface area contributed by atoms with Crippen molar-refractivity contribution in [3.05, 3.63) is 34.4 Å². The van der Waals surface area contributed by atoms with Gasteiger partial charge in [0.1, 0.15) is 17.4 Å². The van der Waals surface area contributed by atoms with Crippen LogP contribution in [-0.4, -0.2) is 19.6 Å². The van der Waals surface area contributed by atoms with E-state index < -0.39 is 12.5 Å². The number of alkyl halides is 2. The molecular weight excluding hydrogens is 278 g/mol. The van der Waals surface area contributed by atoms with Crippen LogP contribution < -0.4 is 10.1 Å². The lowest BCUT2D eigenvalue weighted by atomic mass is 10.1. The molecule has 0 aliphatic carbocycles. The van der Waals surface area contributed by atoms with Crippen LogP contribution in [0.3, 0.4) is 0 Å². The average Bonchev–Trinajstić information content (AvgIpc) is 2.37. The fourth-order valence-corrected chi connectivity index (χ4v) is 1.45. The molecule has 7 heteroatoms. The first kappa shape index (κ1) is 14.9. The summed E-state index contributed by atoms with van der Waals surface area (Å²) in [6.45, 7) is -3.01. The van der Waals surface area contributed by atoms with Gasteiger partial charge < -0.3 is 10.1 Å². The summed E-state index contributed by atoms with van der Waals surface area (Å²) in [7, 11) is 1.35. The van der Waals surface area contributed by atoms with Gasteiger partial charge in [0.05, 0.1) is 0 Å². The zero-order valence-electron chi connectivity index (χ0n) is 9.78. The maximum absolute atomic E-state index is 12.2. The quantitative estimate of drug-likeness (QED) is 0.683. The smallest absolute Gasteiger partial charge is 0.387 e. The number of rotatable bonds is 4. The van der Waals surface area contributed by atoms with Crippen molar-refractivity contribution in [2.24, 2.45) is 0 Å². The molecule has 100 valence electrons. The summed E-state index contributed by atoms with van der Waals surface area (Å²) in [6, 6.07) is 5.58. The number of nitrogens with one attached hydrogen (secondary N) is 1. The molecule has 1 N–H and O–H groups in total. The van der Waals surface area contributed by atoms with Crippen molar-refractivity contribution in [1.29, 1.82) is 5.26 Å². The largest absolute Gasteiger partial charge is 0.434 e. The van der Waals surface area contributed by atoms with Gasteiger partial charge in [0, 0.05) is 17.6 Å². The molecule has 19 heavy (non-hydrogen) atoms. The minimum absolute atomic E-state index is 0.118. The van der Waals surface area contributed by atoms with Crippen LogP contribution in [0.5, 0.6) is 5.75 Å². The van der Waals surface area contributed by atoms with E-state index in [0.29, 0.717) is 0 Å². The minimum atomic E-state index is -3.01. The third-order valence-corrected chi connectivity index (χ3v) is 2.31.